The second kappa shape index (κ2) is 8.48. The van der Waals surface area contributed by atoms with Crippen LogP contribution in [-0.2, 0) is 24.3 Å². The first-order chi connectivity index (χ1) is 17.1. The molecule has 0 aliphatic heterocycles. The molecule has 0 aliphatic carbocycles. The lowest BCUT2D eigenvalue weighted by Crippen LogP contribution is -2.21. The number of benzene rings is 2. The van der Waals surface area contributed by atoms with Crippen LogP contribution in [0.5, 0.6) is 0 Å². The standard InChI is InChI=1S/C27H22FN5O2/c1-35-16-23-25(17-5-3-2-4-6-17)26-30-15-21-24(33(26)31-23)10-12-32(27(21)34)11-9-18-14-29-22-8-7-19(28)13-20(18)22/h2-8,10,12-15,29H,9,11,16H2,1H3. The third-order valence-electron chi connectivity index (χ3n) is 6.35. The minimum Gasteiger partial charge on any atom is -0.378 e. The minimum absolute atomic E-state index is 0.145. The van der Waals surface area contributed by atoms with Gasteiger partial charge in [0.1, 0.15) is 5.82 Å². The van der Waals surface area contributed by atoms with E-state index in [1.54, 1.807) is 34.7 Å². The van der Waals surface area contributed by atoms with Crippen molar-refractivity contribution in [1.29, 1.82) is 0 Å². The third-order valence-corrected chi connectivity index (χ3v) is 6.35. The smallest absolute Gasteiger partial charge is 0.261 e. The van der Waals surface area contributed by atoms with Crippen LogP contribution in [0, 0.1) is 5.82 Å². The summed E-state index contributed by atoms with van der Waals surface area (Å²) in [6.45, 7) is 0.789. The van der Waals surface area contributed by atoms with Crippen molar-refractivity contribution in [2.45, 2.75) is 19.6 Å². The van der Waals surface area contributed by atoms with E-state index in [1.807, 2.05) is 42.6 Å². The largest absolute Gasteiger partial charge is 0.378 e. The van der Waals surface area contributed by atoms with Gasteiger partial charge in [-0.2, -0.15) is 5.10 Å². The van der Waals surface area contributed by atoms with Crippen molar-refractivity contribution in [1.82, 2.24) is 24.1 Å². The number of methoxy groups -OCH3 is 1. The fourth-order valence-electron chi connectivity index (χ4n) is 4.67. The molecule has 4 heterocycles. The van der Waals surface area contributed by atoms with Crippen molar-refractivity contribution < 1.29 is 9.13 Å². The molecule has 0 saturated carbocycles. The van der Waals surface area contributed by atoms with E-state index in [1.165, 1.54) is 12.1 Å². The second-order valence-corrected chi connectivity index (χ2v) is 8.48. The Morgan fingerprint density at radius 2 is 1.94 bits per heavy atom. The molecule has 7 nitrogen and oxygen atoms in total. The molecule has 0 amide bonds. The van der Waals surface area contributed by atoms with E-state index in [9.17, 15) is 9.18 Å². The summed E-state index contributed by atoms with van der Waals surface area (Å²) in [5.41, 5.74) is 5.69. The number of aryl methyl sites for hydroxylation is 2. The highest BCUT2D eigenvalue weighted by Crippen LogP contribution is 2.29. The Morgan fingerprint density at radius 3 is 2.77 bits per heavy atom. The van der Waals surface area contributed by atoms with Crippen molar-refractivity contribution in [2.24, 2.45) is 0 Å². The predicted octanol–water partition coefficient (Wildman–Crippen LogP) is 4.72. The Hall–Kier alpha value is -4.30. The lowest BCUT2D eigenvalue weighted by Gasteiger charge is -2.08. The summed E-state index contributed by atoms with van der Waals surface area (Å²) < 4.78 is 22.5. The van der Waals surface area contributed by atoms with E-state index in [0.717, 1.165) is 33.3 Å². The number of aromatic nitrogens is 5. The number of fused-ring (bicyclic) bond motifs is 4. The van der Waals surface area contributed by atoms with Gasteiger partial charge in [-0.25, -0.2) is 13.9 Å². The number of nitrogens with one attached hydrogen (secondary N) is 1. The molecule has 6 aromatic rings. The summed E-state index contributed by atoms with van der Waals surface area (Å²) in [4.78, 5) is 21.1. The molecule has 0 radical (unpaired) electrons. The first-order valence-electron chi connectivity index (χ1n) is 11.3. The molecule has 174 valence electrons. The monoisotopic (exact) mass is 467 g/mol. The Labute approximate surface area is 199 Å². The van der Waals surface area contributed by atoms with Crippen LogP contribution in [0.2, 0.25) is 0 Å². The van der Waals surface area contributed by atoms with E-state index in [0.29, 0.717) is 36.1 Å². The van der Waals surface area contributed by atoms with Crippen LogP contribution in [0.3, 0.4) is 0 Å². The Balaban J connectivity index is 1.41. The van der Waals surface area contributed by atoms with Crippen LogP contribution in [0.25, 0.3) is 38.6 Å². The van der Waals surface area contributed by atoms with Crippen molar-refractivity contribution in [3.05, 3.63) is 101 Å². The number of hydrogen-bond donors (Lipinski definition) is 1. The maximum Gasteiger partial charge on any atom is 0.261 e. The number of nitrogens with zero attached hydrogens (tertiary/aromatic N) is 4. The van der Waals surface area contributed by atoms with Gasteiger partial charge in [0.2, 0.25) is 0 Å². The van der Waals surface area contributed by atoms with Gasteiger partial charge in [0, 0.05) is 43.1 Å². The predicted molar refractivity (Wildman–Crippen MR) is 133 cm³/mol. The molecular weight excluding hydrogens is 445 g/mol. The number of halogens is 1. The van der Waals surface area contributed by atoms with Gasteiger partial charge in [-0.3, -0.25) is 4.79 Å². The summed E-state index contributed by atoms with van der Waals surface area (Å²) in [5, 5.41) is 6.06. The van der Waals surface area contributed by atoms with E-state index >= 15 is 0 Å². The maximum atomic E-state index is 13.7. The maximum absolute atomic E-state index is 13.7. The average Bonchev–Trinajstić information content (AvgIpc) is 3.45. The van der Waals surface area contributed by atoms with Crippen molar-refractivity contribution in [3.8, 4) is 11.1 Å². The molecule has 4 aromatic heterocycles. The number of ether oxygens (including phenoxy) is 1. The Kier molecular flexibility index (Phi) is 5.15. The third kappa shape index (κ3) is 3.59. The normalized spacial score (nSPS) is 11.7. The minimum atomic E-state index is -0.279. The SMILES string of the molecule is COCc1nn2c(ncc3c(=O)n(CCc4c[nH]c5ccc(F)cc45)ccc32)c1-c1ccccc1. The Morgan fingerprint density at radius 1 is 1.09 bits per heavy atom. The zero-order valence-corrected chi connectivity index (χ0v) is 19.0. The molecule has 0 spiro atoms. The molecule has 0 fully saturated rings. The molecule has 0 atom stereocenters. The molecular formula is C27H22FN5O2. The van der Waals surface area contributed by atoms with Gasteiger partial charge in [0.05, 0.1) is 28.8 Å². The topological polar surface area (TPSA) is 77.2 Å². The van der Waals surface area contributed by atoms with Crippen molar-refractivity contribution in [3.63, 3.8) is 0 Å². The number of pyridine rings is 1. The van der Waals surface area contributed by atoms with Gasteiger partial charge in [0.25, 0.3) is 5.56 Å². The fraction of sp³-hybridized carbons (Fsp3) is 0.148. The number of H-pyrrole nitrogens is 1. The van der Waals surface area contributed by atoms with Gasteiger partial charge in [-0.1, -0.05) is 30.3 Å². The molecule has 0 bridgehead atoms. The van der Waals surface area contributed by atoms with E-state index < -0.39 is 0 Å². The summed E-state index contributed by atoms with van der Waals surface area (Å²) in [6, 6.07) is 16.5. The molecule has 6 rings (SSSR count). The molecule has 0 unspecified atom stereocenters. The number of hydrogen-bond acceptors (Lipinski definition) is 4. The van der Waals surface area contributed by atoms with Crippen LogP contribution in [0.15, 0.2) is 78.0 Å². The lowest BCUT2D eigenvalue weighted by molar-refractivity contribution is 0.181. The van der Waals surface area contributed by atoms with Gasteiger partial charge < -0.3 is 14.3 Å². The van der Waals surface area contributed by atoms with Crippen LogP contribution < -0.4 is 5.56 Å². The second-order valence-electron chi connectivity index (χ2n) is 8.48. The average molecular weight is 468 g/mol. The first kappa shape index (κ1) is 21.2. The van der Waals surface area contributed by atoms with E-state index in [2.05, 4.69) is 9.97 Å². The summed E-state index contributed by atoms with van der Waals surface area (Å²) in [6.07, 6.45) is 5.85. The Bertz CT molecular complexity index is 1750. The zero-order chi connectivity index (χ0) is 23.9. The van der Waals surface area contributed by atoms with E-state index in [-0.39, 0.29) is 11.4 Å². The summed E-state index contributed by atoms with van der Waals surface area (Å²) in [7, 11) is 1.63. The van der Waals surface area contributed by atoms with Gasteiger partial charge in [0.15, 0.2) is 5.65 Å². The van der Waals surface area contributed by atoms with Crippen LogP contribution in [0.4, 0.5) is 4.39 Å². The highest BCUT2D eigenvalue weighted by Gasteiger charge is 2.18. The van der Waals surface area contributed by atoms with Gasteiger partial charge >= 0.3 is 0 Å². The molecule has 8 heteroatoms. The quantitative estimate of drug-likeness (QED) is 0.385. The first-order valence-corrected chi connectivity index (χ1v) is 11.3. The molecule has 1 N–H and O–H groups in total. The van der Waals surface area contributed by atoms with Crippen molar-refractivity contribution >= 4 is 27.5 Å². The summed E-state index contributed by atoms with van der Waals surface area (Å²) in [5.74, 6) is -0.279. The van der Waals surface area contributed by atoms with Crippen LogP contribution in [0.1, 0.15) is 11.3 Å². The fourth-order valence-corrected chi connectivity index (χ4v) is 4.67. The lowest BCUT2D eigenvalue weighted by atomic mass is 10.1. The van der Waals surface area contributed by atoms with Gasteiger partial charge in [-0.05, 0) is 41.8 Å². The molecule has 35 heavy (non-hydrogen) atoms. The number of rotatable bonds is 6. The highest BCUT2D eigenvalue weighted by molar-refractivity contribution is 5.86. The molecule has 0 aliphatic rings. The van der Waals surface area contributed by atoms with Crippen LogP contribution in [-0.4, -0.2) is 31.3 Å². The zero-order valence-electron chi connectivity index (χ0n) is 19.0. The van der Waals surface area contributed by atoms with E-state index in [4.69, 9.17) is 9.84 Å². The van der Waals surface area contributed by atoms with Crippen molar-refractivity contribution in [2.75, 3.05) is 7.11 Å². The van der Waals surface area contributed by atoms with Crippen LogP contribution >= 0.6 is 0 Å². The molecule has 0 saturated heterocycles. The summed E-state index contributed by atoms with van der Waals surface area (Å²) >= 11 is 0. The number of aromatic amines is 1. The van der Waals surface area contributed by atoms with Gasteiger partial charge in [-0.15, -0.1) is 0 Å². The molecule has 2 aromatic carbocycles. The highest BCUT2D eigenvalue weighted by atomic mass is 19.1.